The molecule has 1 N–H and O–H groups in total. The predicted molar refractivity (Wildman–Crippen MR) is 76.9 cm³/mol. The first-order valence-electron chi connectivity index (χ1n) is 6.60. The van der Waals surface area contributed by atoms with Gasteiger partial charge in [-0.15, -0.1) is 0 Å². The van der Waals surface area contributed by atoms with E-state index in [0.717, 1.165) is 5.57 Å². The van der Waals surface area contributed by atoms with Gasteiger partial charge in [0.25, 0.3) is 0 Å². The first kappa shape index (κ1) is 15.8. The molecule has 0 atom stereocenters. The van der Waals surface area contributed by atoms with Crippen LogP contribution in [0.2, 0.25) is 0 Å². The van der Waals surface area contributed by atoms with E-state index < -0.39 is 11.6 Å². The third kappa shape index (κ3) is 5.11. The van der Waals surface area contributed by atoms with Crippen molar-refractivity contribution in [3.8, 4) is 0 Å². The summed E-state index contributed by atoms with van der Waals surface area (Å²) in [6.45, 7) is 10.9. The second-order valence-electron chi connectivity index (χ2n) is 6.11. The summed E-state index contributed by atoms with van der Waals surface area (Å²) in [4.78, 5) is 0. The van der Waals surface area contributed by atoms with Crippen LogP contribution in [0, 0.1) is 17.6 Å². The van der Waals surface area contributed by atoms with E-state index >= 15 is 0 Å². The van der Waals surface area contributed by atoms with E-state index in [1.807, 2.05) is 13.8 Å². The van der Waals surface area contributed by atoms with Crippen LogP contribution in [0.1, 0.15) is 40.2 Å². The lowest BCUT2D eigenvalue weighted by Gasteiger charge is -2.23. The van der Waals surface area contributed by atoms with Gasteiger partial charge in [-0.3, -0.25) is 0 Å². The van der Waals surface area contributed by atoms with Crippen LogP contribution in [0.15, 0.2) is 23.8 Å². The lowest BCUT2D eigenvalue weighted by atomic mass is 9.98. The molecule has 0 spiro atoms. The monoisotopic (exact) mass is 267 g/mol. The molecule has 0 aromatic heterocycles. The zero-order valence-corrected chi connectivity index (χ0v) is 12.3. The molecule has 3 heteroatoms. The minimum Gasteiger partial charge on any atom is -0.308 e. The van der Waals surface area contributed by atoms with Crippen LogP contribution in [0.3, 0.4) is 0 Å². The highest BCUT2D eigenvalue weighted by Gasteiger charge is 2.13. The zero-order chi connectivity index (χ0) is 14.6. The van der Waals surface area contributed by atoms with Gasteiger partial charge in [-0.05, 0) is 44.9 Å². The zero-order valence-electron chi connectivity index (χ0n) is 12.3. The smallest absolute Gasteiger partial charge is 0.133 e. The van der Waals surface area contributed by atoms with Gasteiger partial charge in [0.1, 0.15) is 11.6 Å². The quantitative estimate of drug-likeness (QED) is 0.853. The van der Waals surface area contributed by atoms with Crippen molar-refractivity contribution in [1.82, 2.24) is 5.32 Å². The van der Waals surface area contributed by atoms with E-state index in [2.05, 4.69) is 26.1 Å². The molecule has 19 heavy (non-hydrogen) atoms. The van der Waals surface area contributed by atoms with Gasteiger partial charge in [-0.2, -0.15) is 0 Å². The minimum absolute atomic E-state index is 0.0260. The maximum absolute atomic E-state index is 13.6. The normalized spacial score (nSPS) is 13.2. The summed E-state index contributed by atoms with van der Waals surface area (Å²) in [5.74, 6) is -0.809. The van der Waals surface area contributed by atoms with E-state index in [1.165, 1.54) is 18.2 Å². The van der Waals surface area contributed by atoms with Crippen molar-refractivity contribution in [3.05, 3.63) is 41.0 Å². The molecule has 0 unspecified atom stereocenters. The Bertz CT molecular complexity index is 436. The minimum atomic E-state index is -0.520. The Hall–Kier alpha value is -1.22. The fourth-order valence-corrected chi connectivity index (χ4v) is 1.62. The molecule has 1 rings (SSSR count). The second-order valence-corrected chi connectivity index (χ2v) is 6.11. The van der Waals surface area contributed by atoms with Crippen molar-refractivity contribution in [3.63, 3.8) is 0 Å². The Kier molecular flexibility index (Phi) is 5.24. The van der Waals surface area contributed by atoms with Crippen molar-refractivity contribution in [1.29, 1.82) is 0 Å². The fourth-order valence-electron chi connectivity index (χ4n) is 1.62. The fraction of sp³-hybridized carbons (Fsp3) is 0.500. The largest absolute Gasteiger partial charge is 0.308 e. The molecule has 0 amide bonds. The van der Waals surface area contributed by atoms with Crippen molar-refractivity contribution >= 4 is 6.08 Å². The maximum Gasteiger partial charge on any atom is 0.133 e. The van der Waals surface area contributed by atoms with Gasteiger partial charge >= 0.3 is 0 Å². The van der Waals surface area contributed by atoms with Crippen molar-refractivity contribution < 1.29 is 8.78 Å². The van der Waals surface area contributed by atoms with Crippen LogP contribution in [-0.4, -0.2) is 12.1 Å². The summed E-state index contributed by atoms with van der Waals surface area (Å²) in [6.07, 6.45) is 1.62. The topological polar surface area (TPSA) is 12.0 Å². The standard InChI is InChI=1S/C16H23F2N/c1-11(2)12(10-19-16(3,4)5)9-13-14(17)7-6-8-15(13)18/h6-9,11,19H,10H2,1-5H3. The SMILES string of the molecule is CC(C)C(=Cc1c(F)cccc1F)CNC(C)(C)C. The summed E-state index contributed by atoms with van der Waals surface area (Å²) in [7, 11) is 0. The van der Waals surface area contributed by atoms with Gasteiger partial charge in [0.2, 0.25) is 0 Å². The van der Waals surface area contributed by atoms with Gasteiger partial charge in [0.05, 0.1) is 0 Å². The second kappa shape index (κ2) is 6.29. The number of hydrogen-bond donors (Lipinski definition) is 1. The number of benzene rings is 1. The van der Waals surface area contributed by atoms with E-state index in [-0.39, 0.29) is 17.0 Å². The van der Waals surface area contributed by atoms with Crippen molar-refractivity contribution in [2.45, 2.75) is 40.2 Å². The maximum atomic E-state index is 13.6. The van der Waals surface area contributed by atoms with E-state index in [9.17, 15) is 8.78 Å². The Morgan fingerprint density at radius 1 is 1.21 bits per heavy atom. The molecular formula is C16H23F2N. The molecule has 0 saturated carbocycles. The third-order valence-electron chi connectivity index (χ3n) is 2.89. The molecule has 1 aromatic carbocycles. The van der Waals surface area contributed by atoms with E-state index in [1.54, 1.807) is 6.08 Å². The van der Waals surface area contributed by atoms with Gasteiger partial charge in [-0.1, -0.05) is 25.5 Å². The Balaban J connectivity index is 3.02. The highest BCUT2D eigenvalue weighted by atomic mass is 19.1. The van der Waals surface area contributed by atoms with Gasteiger partial charge in [0.15, 0.2) is 0 Å². The molecule has 0 radical (unpaired) electrons. The van der Waals surface area contributed by atoms with Crippen LogP contribution in [0.25, 0.3) is 6.08 Å². The predicted octanol–water partition coefficient (Wildman–Crippen LogP) is 4.39. The summed E-state index contributed by atoms with van der Waals surface area (Å²) >= 11 is 0. The Morgan fingerprint density at radius 3 is 2.16 bits per heavy atom. The van der Waals surface area contributed by atoms with Gasteiger partial charge in [0, 0.05) is 17.6 Å². The average Bonchev–Trinajstić information content (AvgIpc) is 2.25. The molecular weight excluding hydrogens is 244 g/mol. The molecule has 1 aromatic rings. The van der Waals surface area contributed by atoms with Crippen molar-refractivity contribution in [2.75, 3.05) is 6.54 Å². The highest BCUT2D eigenvalue weighted by Crippen LogP contribution is 2.20. The van der Waals surface area contributed by atoms with Crippen LogP contribution in [-0.2, 0) is 0 Å². The number of hydrogen-bond acceptors (Lipinski definition) is 1. The molecule has 0 saturated heterocycles. The number of rotatable bonds is 4. The highest BCUT2D eigenvalue weighted by molar-refractivity contribution is 5.55. The molecule has 0 heterocycles. The average molecular weight is 267 g/mol. The molecule has 0 aliphatic heterocycles. The summed E-state index contributed by atoms with van der Waals surface area (Å²) in [5, 5.41) is 3.35. The van der Waals surface area contributed by atoms with Crippen LogP contribution >= 0.6 is 0 Å². The first-order chi connectivity index (χ1) is 8.70. The Morgan fingerprint density at radius 2 is 1.74 bits per heavy atom. The number of halogens is 2. The van der Waals surface area contributed by atoms with E-state index in [4.69, 9.17) is 0 Å². The van der Waals surface area contributed by atoms with Crippen LogP contribution in [0.5, 0.6) is 0 Å². The van der Waals surface area contributed by atoms with Gasteiger partial charge in [-0.25, -0.2) is 8.78 Å². The molecule has 1 nitrogen and oxygen atoms in total. The van der Waals surface area contributed by atoms with Gasteiger partial charge < -0.3 is 5.32 Å². The lowest BCUT2D eigenvalue weighted by Crippen LogP contribution is -2.37. The van der Waals surface area contributed by atoms with Crippen LogP contribution in [0.4, 0.5) is 8.78 Å². The molecule has 0 bridgehead atoms. The third-order valence-corrected chi connectivity index (χ3v) is 2.89. The summed E-state index contributed by atoms with van der Waals surface area (Å²) < 4.78 is 27.3. The lowest BCUT2D eigenvalue weighted by molar-refractivity contribution is 0.437. The Labute approximate surface area is 114 Å². The molecule has 0 aliphatic carbocycles. The molecule has 106 valence electrons. The first-order valence-corrected chi connectivity index (χ1v) is 6.60. The van der Waals surface area contributed by atoms with E-state index in [0.29, 0.717) is 6.54 Å². The summed E-state index contributed by atoms with van der Waals surface area (Å²) in [6, 6.07) is 3.94. The molecule has 0 aliphatic rings. The van der Waals surface area contributed by atoms with Crippen molar-refractivity contribution in [2.24, 2.45) is 5.92 Å². The number of nitrogens with one attached hydrogen (secondary N) is 1. The van der Waals surface area contributed by atoms with Crippen LogP contribution < -0.4 is 5.32 Å². The summed E-state index contributed by atoms with van der Waals surface area (Å²) in [5.41, 5.74) is 1.00. The molecule has 0 fully saturated rings.